The SMILES string of the molecule is NCC(O)c1ccc2c(Br)c[nH]c2c1. The fourth-order valence-corrected chi connectivity index (χ4v) is 1.91. The number of aromatic amines is 1. The number of aliphatic hydroxyl groups excluding tert-OH is 1. The maximum atomic E-state index is 9.54. The Morgan fingerprint density at radius 1 is 1.50 bits per heavy atom. The van der Waals surface area contributed by atoms with Crippen LogP contribution < -0.4 is 5.73 Å². The molecule has 0 radical (unpaired) electrons. The maximum Gasteiger partial charge on any atom is 0.0912 e. The van der Waals surface area contributed by atoms with Crippen LogP contribution in [0.2, 0.25) is 0 Å². The van der Waals surface area contributed by atoms with Crippen molar-refractivity contribution in [1.82, 2.24) is 4.98 Å². The number of aliphatic hydroxyl groups is 1. The smallest absolute Gasteiger partial charge is 0.0912 e. The summed E-state index contributed by atoms with van der Waals surface area (Å²) in [6.45, 7) is 0.243. The average molecular weight is 255 g/mol. The first-order valence-electron chi connectivity index (χ1n) is 4.37. The van der Waals surface area contributed by atoms with Crippen molar-refractivity contribution in [3.63, 3.8) is 0 Å². The molecule has 0 fully saturated rings. The van der Waals surface area contributed by atoms with Gasteiger partial charge in [-0.15, -0.1) is 0 Å². The summed E-state index contributed by atoms with van der Waals surface area (Å²) in [5.74, 6) is 0. The van der Waals surface area contributed by atoms with E-state index < -0.39 is 6.10 Å². The van der Waals surface area contributed by atoms with E-state index in [9.17, 15) is 5.11 Å². The Morgan fingerprint density at radius 2 is 2.29 bits per heavy atom. The van der Waals surface area contributed by atoms with Crippen LogP contribution in [0.4, 0.5) is 0 Å². The van der Waals surface area contributed by atoms with E-state index in [-0.39, 0.29) is 6.54 Å². The van der Waals surface area contributed by atoms with Crippen molar-refractivity contribution in [2.45, 2.75) is 6.10 Å². The molecule has 1 unspecified atom stereocenters. The van der Waals surface area contributed by atoms with Gasteiger partial charge < -0.3 is 15.8 Å². The van der Waals surface area contributed by atoms with Gasteiger partial charge in [-0.2, -0.15) is 0 Å². The van der Waals surface area contributed by atoms with E-state index in [1.807, 2.05) is 24.4 Å². The van der Waals surface area contributed by atoms with Crippen molar-refractivity contribution in [3.05, 3.63) is 34.4 Å². The van der Waals surface area contributed by atoms with Gasteiger partial charge >= 0.3 is 0 Å². The first-order chi connectivity index (χ1) is 6.72. The Kier molecular flexibility index (Phi) is 2.58. The summed E-state index contributed by atoms with van der Waals surface area (Å²) in [6, 6.07) is 5.76. The van der Waals surface area contributed by atoms with Gasteiger partial charge in [-0.3, -0.25) is 0 Å². The van der Waals surface area contributed by atoms with Gasteiger partial charge in [0.2, 0.25) is 0 Å². The number of hydrogen-bond donors (Lipinski definition) is 3. The van der Waals surface area contributed by atoms with Crippen LogP contribution in [0, 0.1) is 0 Å². The molecule has 0 spiro atoms. The highest BCUT2D eigenvalue weighted by Crippen LogP contribution is 2.25. The number of hydrogen-bond acceptors (Lipinski definition) is 2. The van der Waals surface area contributed by atoms with E-state index in [1.165, 1.54) is 0 Å². The zero-order valence-corrected chi connectivity index (χ0v) is 9.08. The zero-order valence-electron chi connectivity index (χ0n) is 7.50. The van der Waals surface area contributed by atoms with Crippen LogP contribution in [0.1, 0.15) is 11.7 Å². The summed E-state index contributed by atoms with van der Waals surface area (Å²) in [5, 5.41) is 10.7. The lowest BCUT2D eigenvalue weighted by Crippen LogP contribution is -2.11. The molecule has 0 bridgehead atoms. The molecule has 1 aromatic heterocycles. The monoisotopic (exact) mass is 254 g/mol. The van der Waals surface area contributed by atoms with Crippen LogP contribution in [-0.2, 0) is 0 Å². The van der Waals surface area contributed by atoms with Gasteiger partial charge in [0, 0.05) is 28.1 Å². The lowest BCUT2D eigenvalue weighted by Gasteiger charge is -2.07. The van der Waals surface area contributed by atoms with Gasteiger partial charge in [-0.1, -0.05) is 12.1 Å². The number of nitrogens with one attached hydrogen (secondary N) is 1. The van der Waals surface area contributed by atoms with E-state index in [4.69, 9.17) is 5.73 Å². The van der Waals surface area contributed by atoms with Crippen molar-refractivity contribution in [2.75, 3.05) is 6.54 Å². The Bertz CT molecular complexity index is 452. The second kappa shape index (κ2) is 3.73. The van der Waals surface area contributed by atoms with Crippen molar-refractivity contribution in [2.24, 2.45) is 5.73 Å². The number of halogens is 1. The van der Waals surface area contributed by atoms with E-state index in [1.54, 1.807) is 0 Å². The van der Waals surface area contributed by atoms with E-state index in [0.717, 1.165) is 20.9 Å². The second-order valence-electron chi connectivity index (χ2n) is 3.19. The molecule has 4 N–H and O–H groups in total. The summed E-state index contributed by atoms with van der Waals surface area (Å²) in [4.78, 5) is 3.11. The predicted molar refractivity (Wildman–Crippen MR) is 60.0 cm³/mol. The normalized spacial score (nSPS) is 13.4. The number of H-pyrrole nitrogens is 1. The van der Waals surface area contributed by atoms with E-state index in [2.05, 4.69) is 20.9 Å². The van der Waals surface area contributed by atoms with Crippen molar-refractivity contribution in [3.8, 4) is 0 Å². The molecule has 0 saturated heterocycles. The van der Waals surface area contributed by atoms with Crippen LogP contribution in [0.15, 0.2) is 28.9 Å². The van der Waals surface area contributed by atoms with Gasteiger partial charge in [0.1, 0.15) is 0 Å². The topological polar surface area (TPSA) is 62.0 Å². The summed E-state index contributed by atoms with van der Waals surface area (Å²) in [7, 11) is 0. The molecule has 2 rings (SSSR count). The minimum absolute atomic E-state index is 0.243. The molecule has 0 aliphatic heterocycles. The molecular formula is C10H11BrN2O. The molecule has 0 aliphatic rings. The molecule has 14 heavy (non-hydrogen) atoms. The van der Waals surface area contributed by atoms with Crippen LogP contribution in [0.25, 0.3) is 10.9 Å². The molecular weight excluding hydrogens is 244 g/mol. The van der Waals surface area contributed by atoms with Gasteiger partial charge in [0.25, 0.3) is 0 Å². The van der Waals surface area contributed by atoms with E-state index >= 15 is 0 Å². The largest absolute Gasteiger partial charge is 0.387 e. The molecule has 0 saturated carbocycles. The quantitative estimate of drug-likeness (QED) is 0.767. The summed E-state index contributed by atoms with van der Waals surface area (Å²) in [5.41, 5.74) is 7.23. The number of benzene rings is 1. The second-order valence-corrected chi connectivity index (χ2v) is 4.05. The van der Waals surface area contributed by atoms with Gasteiger partial charge in [0.05, 0.1) is 6.10 Å². The summed E-state index contributed by atoms with van der Waals surface area (Å²) >= 11 is 3.43. The first-order valence-corrected chi connectivity index (χ1v) is 5.16. The minimum atomic E-state index is -0.582. The van der Waals surface area contributed by atoms with Crippen molar-refractivity contribution >= 4 is 26.8 Å². The summed E-state index contributed by atoms with van der Waals surface area (Å²) < 4.78 is 1.03. The highest BCUT2D eigenvalue weighted by Gasteiger charge is 2.07. The molecule has 1 aromatic carbocycles. The van der Waals surface area contributed by atoms with E-state index in [0.29, 0.717) is 0 Å². The fraction of sp³-hybridized carbons (Fsp3) is 0.200. The first kappa shape index (κ1) is 9.71. The highest BCUT2D eigenvalue weighted by molar-refractivity contribution is 9.10. The number of nitrogens with two attached hydrogens (primary N) is 1. The van der Waals surface area contributed by atoms with Crippen molar-refractivity contribution < 1.29 is 5.11 Å². The average Bonchev–Trinajstić information content (AvgIpc) is 2.59. The molecule has 0 amide bonds. The van der Waals surface area contributed by atoms with Gasteiger partial charge in [0.15, 0.2) is 0 Å². The van der Waals surface area contributed by atoms with Crippen LogP contribution in [-0.4, -0.2) is 16.6 Å². The third kappa shape index (κ3) is 1.56. The third-order valence-electron chi connectivity index (χ3n) is 2.26. The molecule has 1 heterocycles. The van der Waals surface area contributed by atoms with Crippen LogP contribution in [0.5, 0.6) is 0 Å². The van der Waals surface area contributed by atoms with Gasteiger partial charge in [-0.25, -0.2) is 0 Å². The van der Waals surface area contributed by atoms with Gasteiger partial charge in [-0.05, 0) is 27.6 Å². The molecule has 4 heteroatoms. The van der Waals surface area contributed by atoms with Crippen LogP contribution in [0.3, 0.4) is 0 Å². The number of aromatic nitrogens is 1. The standard InChI is InChI=1S/C10H11BrN2O/c11-8-5-13-9-3-6(10(14)4-12)1-2-7(8)9/h1-3,5,10,13-14H,4,12H2. The highest BCUT2D eigenvalue weighted by atomic mass is 79.9. The Morgan fingerprint density at radius 3 is 3.00 bits per heavy atom. The van der Waals surface area contributed by atoms with Crippen LogP contribution >= 0.6 is 15.9 Å². The molecule has 1 atom stereocenters. The molecule has 2 aromatic rings. The summed E-state index contributed by atoms with van der Waals surface area (Å²) in [6.07, 6.45) is 1.30. The molecule has 3 nitrogen and oxygen atoms in total. The Hall–Kier alpha value is -0.840. The zero-order chi connectivity index (χ0) is 10.1. The van der Waals surface area contributed by atoms with Crippen molar-refractivity contribution in [1.29, 1.82) is 0 Å². The fourth-order valence-electron chi connectivity index (χ4n) is 1.45. The predicted octanol–water partition coefficient (Wildman–Crippen LogP) is 1.92. The minimum Gasteiger partial charge on any atom is -0.387 e. The lowest BCUT2D eigenvalue weighted by atomic mass is 10.1. The number of fused-ring (bicyclic) bond motifs is 1. The molecule has 0 aliphatic carbocycles. The lowest BCUT2D eigenvalue weighted by molar-refractivity contribution is 0.187. The Balaban J connectivity index is 2.52. The maximum absolute atomic E-state index is 9.54. The Labute approximate surface area is 90.1 Å². The molecule has 74 valence electrons. The third-order valence-corrected chi connectivity index (χ3v) is 2.92. The number of rotatable bonds is 2.